The van der Waals surface area contributed by atoms with Crippen LogP contribution in [0.2, 0.25) is 0 Å². The smallest absolute Gasteiger partial charge is 0.0862 e. The van der Waals surface area contributed by atoms with Gasteiger partial charge in [0.25, 0.3) is 0 Å². The van der Waals surface area contributed by atoms with Crippen LogP contribution in [0.4, 0.5) is 5.00 Å². The number of nitrogen functional groups attached to an aromatic ring is 1. The zero-order chi connectivity index (χ0) is 6.27. The molecule has 1 aromatic rings. The van der Waals surface area contributed by atoms with Crippen molar-refractivity contribution in [3.63, 3.8) is 0 Å². The Hall–Kier alpha value is -0.500. The standard InChI is InChI=1S/C7H9NS/c8-7-4-5-2-1-3-6(5)9-7/h4H,1-3,8H2. The van der Waals surface area contributed by atoms with Crippen LogP contribution in [0, 0.1) is 0 Å². The van der Waals surface area contributed by atoms with Crippen LogP contribution in [0.5, 0.6) is 0 Å². The number of anilines is 1. The van der Waals surface area contributed by atoms with Gasteiger partial charge in [-0.2, -0.15) is 0 Å². The lowest BCUT2D eigenvalue weighted by Crippen LogP contribution is -1.76. The van der Waals surface area contributed by atoms with Crippen LogP contribution >= 0.6 is 11.3 Å². The number of hydrogen-bond donors (Lipinski definition) is 1. The molecule has 0 aromatic carbocycles. The van der Waals surface area contributed by atoms with E-state index in [1.54, 1.807) is 11.3 Å². The van der Waals surface area contributed by atoms with Crippen molar-refractivity contribution >= 4 is 16.3 Å². The number of nitrogens with two attached hydrogens (primary N) is 1. The molecule has 1 aliphatic rings. The number of aryl methyl sites for hydroxylation is 2. The highest BCUT2D eigenvalue weighted by atomic mass is 32.1. The van der Waals surface area contributed by atoms with Gasteiger partial charge < -0.3 is 5.73 Å². The summed E-state index contributed by atoms with van der Waals surface area (Å²) in [6.07, 6.45) is 3.85. The van der Waals surface area contributed by atoms with Crippen LogP contribution in [0.3, 0.4) is 0 Å². The average molecular weight is 139 g/mol. The lowest BCUT2D eigenvalue weighted by Gasteiger charge is -1.81. The van der Waals surface area contributed by atoms with Crippen molar-refractivity contribution in [2.24, 2.45) is 0 Å². The van der Waals surface area contributed by atoms with Gasteiger partial charge in [-0.15, -0.1) is 11.3 Å². The van der Waals surface area contributed by atoms with E-state index in [4.69, 9.17) is 5.73 Å². The van der Waals surface area contributed by atoms with Crippen molar-refractivity contribution < 1.29 is 0 Å². The summed E-state index contributed by atoms with van der Waals surface area (Å²) in [4.78, 5) is 1.52. The molecule has 0 radical (unpaired) electrons. The van der Waals surface area contributed by atoms with E-state index in [-0.39, 0.29) is 0 Å². The van der Waals surface area contributed by atoms with Crippen molar-refractivity contribution in [3.8, 4) is 0 Å². The Kier molecular flexibility index (Phi) is 1.02. The number of thiophene rings is 1. The maximum Gasteiger partial charge on any atom is 0.0862 e. The van der Waals surface area contributed by atoms with Gasteiger partial charge in [0.2, 0.25) is 0 Å². The molecule has 2 heteroatoms. The molecule has 1 aliphatic carbocycles. The predicted octanol–water partition coefficient (Wildman–Crippen LogP) is 1.82. The molecule has 9 heavy (non-hydrogen) atoms. The van der Waals surface area contributed by atoms with Crippen LogP contribution in [0.1, 0.15) is 16.9 Å². The molecule has 0 saturated carbocycles. The maximum absolute atomic E-state index is 5.61. The summed E-state index contributed by atoms with van der Waals surface area (Å²) >= 11 is 1.75. The second kappa shape index (κ2) is 1.74. The Morgan fingerprint density at radius 2 is 2.33 bits per heavy atom. The third kappa shape index (κ3) is 0.741. The molecule has 1 nitrogen and oxygen atoms in total. The van der Waals surface area contributed by atoms with E-state index in [0.717, 1.165) is 5.00 Å². The molecule has 0 aliphatic heterocycles. The predicted molar refractivity (Wildman–Crippen MR) is 40.8 cm³/mol. The second-order valence-electron chi connectivity index (χ2n) is 2.45. The summed E-state index contributed by atoms with van der Waals surface area (Å²) in [7, 11) is 0. The Morgan fingerprint density at radius 1 is 1.44 bits per heavy atom. The fourth-order valence-electron chi connectivity index (χ4n) is 1.35. The van der Waals surface area contributed by atoms with Gasteiger partial charge in [0.1, 0.15) is 0 Å². The molecule has 0 amide bonds. The Morgan fingerprint density at radius 3 is 3.11 bits per heavy atom. The molecule has 0 atom stereocenters. The Bertz CT molecular complexity index is 205. The molecule has 1 heterocycles. The minimum absolute atomic E-state index is 0.986. The fourth-order valence-corrected chi connectivity index (χ4v) is 2.38. The lowest BCUT2D eigenvalue weighted by atomic mass is 10.3. The van der Waals surface area contributed by atoms with Gasteiger partial charge in [0.05, 0.1) is 5.00 Å². The van der Waals surface area contributed by atoms with E-state index < -0.39 is 0 Å². The molecule has 2 N–H and O–H groups in total. The highest BCUT2D eigenvalue weighted by Crippen LogP contribution is 2.31. The third-order valence-corrected chi connectivity index (χ3v) is 2.83. The van der Waals surface area contributed by atoms with E-state index in [1.807, 2.05) is 0 Å². The first kappa shape index (κ1) is 5.30. The van der Waals surface area contributed by atoms with Gasteiger partial charge in [0, 0.05) is 4.88 Å². The first-order chi connectivity index (χ1) is 4.36. The van der Waals surface area contributed by atoms with Crippen LogP contribution < -0.4 is 5.73 Å². The van der Waals surface area contributed by atoms with Gasteiger partial charge in [-0.1, -0.05) is 0 Å². The molecule has 0 bridgehead atoms. The van der Waals surface area contributed by atoms with Crippen molar-refractivity contribution in [3.05, 3.63) is 16.5 Å². The highest BCUT2D eigenvalue weighted by Gasteiger charge is 2.12. The van der Waals surface area contributed by atoms with E-state index in [1.165, 1.54) is 29.7 Å². The largest absolute Gasteiger partial charge is 0.391 e. The van der Waals surface area contributed by atoms with E-state index in [2.05, 4.69) is 6.07 Å². The molecule has 1 aromatic heterocycles. The van der Waals surface area contributed by atoms with Crippen LogP contribution in [-0.4, -0.2) is 0 Å². The van der Waals surface area contributed by atoms with Crippen LogP contribution in [0.25, 0.3) is 0 Å². The van der Waals surface area contributed by atoms with Crippen LogP contribution in [0.15, 0.2) is 6.07 Å². The van der Waals surface area contributed by atoms with Gasteiger partial charge in [-0.25, -0.2) is 0 Å². The Labute approximate surface area is 58.5 Å². The minimum atomic E-state index is 0.986. The van der Waals surface area contributed by atoms with Gasteiger partial charge in [-0.3, -0.25) is 0 Å². The fraction of sp³-hybridized carbons (Fsp3) is 0.429. The topological polar surface area (TPSA) is 26.0 Å². The zero-order valence-electron chi connectivity index (χ0n) is 5.18. The Balaban J connectivity index is 2.51. The summed E-state index contributed by atoms with van der Waals surface area (Å²) in [5.41, 5.74) is 7.11. The summed E-state index contributed by atoms with van der Waals surface area (Å²) < 4.78 is 0. The molecule has 0 spiro atoms. The van der Waals surface area contributed by atoms with Crippen molar-refractivity contribution in [2.45, 2.75) is 19.3 Å². The van der Waals surface area contributed by atoms with Gasteiger partial charge in [0.15, 0.2) is 0 Å². The maximum atomic E-state index is 5.61. The van der Waals surface area contributed by atoms with E-state index in [0.29, 0.717) is 0 Å². The van der Waals surface area contributed by atoms with Crippen molar-refractivity contribution in [2.75, 3.05) is 5.73 Å². The molecular formula is C7H9NS. The van der Waals surface area contributed by atoms with Gasteiger partial charge >= 0.3 is 0 Å². The summed E-state index contributed by atoms with van der Waals surface area (Å²) in [6.45, 7) is 0. The second-order valence-corrected chi connectivity index (χ2v) is 3.62. The lowest BCUT2D eigenvalue weighted by molar-refractivity contribution is 0.915. The normalized spacial score (nSPS) is 16.0. The van der Waals surface area contributed by atoms with Crippen LogP contribution in [-0.2, 0) is 12.8 Å². The highest BCUT2D eigenvalue weighted by molar-refractivity contribution is 7.16. The first-order valence-electron chi connectivity index (χ1n) is 3.23. The molecule has 2 rings (SSSR count). The quantitative estimate of drug-likeness (QED) is 0.583. The number of rotatable bonds is 0. The monoisotopic (exact) mass is 139 g/mol. The minimum Gasteiger partial charge on any atom is -0.391 e. The van der Waals surface area contributed by atoms with Gasteiger partial charge in [-0.05, 0) is 30.9 Å². The van der Waals surface area contributed by atoms with Crippen molar-refractivity contribution in [1.29, 1.82) is 0 Å². The summed E-state index contributed by atoms with van der Waals surface area (Å²) in [6, 6.07) is 2.12. The number of hydrogen-bond acceptors (Lipinski definition) is 2. The molecular weight excluding hydrogens is 130 g/mol. The van der Waals surface area contributed by atoms with E-state index >= 15 is 0 Å². The zero-order valence-corrected chi connectivity index (χ0v) is 6.00. The molecule has 0 unspecified atom stereocenters. The average Bonchev–Trinajstić information content (AvgIpc) is 2.22. The molecule has 0 saturated heterocycles. The van der Waals surface area contributed by atoms with E-state index in [9.17, 15) is 0 Å². The SMILES string of the molecule is Nc1cc2c(s1)CCC2. The molecule has 0 fully saturated rings. The number of fused-ring (bicyclic) bond motifs is 1. The third-order valence-electron chi connectivity index (χ3n) is 1.77. The first-order valence-corrected chi connectivity index (χ1v) is 4.05. The summed E-state index contributed by atoms with van der Waals surface area (Å²) in [5, 5.41) is 0.986. The molecule has 48 valence electrons. The van der Waals surface area contributed by atoms with Crippen molar-refractivity contribution in [1.82, 2.24) is 0 Å². The summed E-state index contributed by atoms with van der Waals surface area (Å²) in [5.74, 6) is 0.